The molecule has 2 rings (SSSR count). The van der Waals surface area contributed by atoms with Crippen LogP contribution in [0.4, 0.5) is 0 Å². The number of phenols is 1. The molecule has 0 aromatic heterocycles. The Hall–Kier alpha value is -2.95. The SMILES string of the molecule is COCCNS(=O)(=O)c1ccc(C(=O)NCCCNC(=O)c2cccc(O)c2)cc1. The summed E-state index contributed by atoms with van der Waals surface area (Å²) in [6.07, 6.45) is 0.506. The summed E-state index contributed by atoms with van der Waals surface area (Å²) in [6.45, 7) is 1.09. The Balaban J connectivity index is 1.75. The number of amides is 2. The predicted octanol–water partition coefficient (Wildman–Crippen LogP) is 0.867. The molecule has 0 heterocycles. The molecular formula is C20H25N3O6S. The highest BCUT2D eigenvalue weighted by Gasteiger charge is 2.14. The van der Waals surface area contributed by atoms with Gasteiger partial charge in [-0.15, -0.1) is 0 Å². The van der Waals surface area contributed by atoms with Crippen LogP contribution in [0, 0.1) is 0 Å². The first kappa shape index (κ1) is 23.3. The van der Waals surface area contributed by atoms with Crippen molar-refractivity contribution in [3.63, 3.8) is 0 Å². The van der Waals surface area contributed by atoms with E-state index in [1.807, 2.05) is 0 Å². The molecule has 2 amide bonds. The van der Waals surface area contributed by atoms with Crippen molar-refractivity contribution in [1.29, 1.82) is 0 Å². The molecule has 30 heavy (non-hydrogen) atoms. The first-order chi connectivity index (χ1) is 14.3. The van der Waals surface area contributed by atoms with Crippen LogP contribution in [0.25, 0.3) is 0 Å². The second-order valence-corrected chi connectivity index (χ2v) is 8.10. The second-order valence-electron chi connectivity index (χ2n) is 6.33. The summed E-state index contributed by atoms with van der Waals surface area (Å²) in [6, 6.07) is 11.6. The molecule has 0 radical (unpaired) electrons. The average Bonchev–Trinajstić information content (AvgIpc) is 2.73. The fourth-order valence-corrected chi connectivity index (χ4v) is 3.50. The summed E-state index contributed by atoms with van der Waals surface area (Å²) in [4.78, 5) is 24.2. The van der Waals surface area contributed by atoms with Gasteiger partial charge in [0.2, 0.25) is 10.0 Å². The van der Waals surface area contributed by atoms with Gasteiger partial charge >= 0.3 is 0 Å². The molecule has 4 N–H and O–H groups in total. The molecule has 0 bridgehead atoms. The van der Waals surface area contributed by atoms with Crippen LogP contribution in [0.3, 0.4) is 0 Å². The van der Waals surface area contributed by atoms with Crippen molar-refractivity contribution in [3.8, 4) is 5.75 Å². The molecule has 10 heteroatoms. The summed E-state index contributed by atoms with van der Waals surface area (Å²) in [5.41, 5.74) is 0.681. The first-order valence-electron chi connectivity index (χ1n) is 9.27. The fourth-order valence-electron chi connectivity index (χ4n) is 2.49. The summed E-state index contributed by atoms with van der Waals surface area (Å²) in [7, 11) is -2.17. The normalized spacial score (nSPS) is 11.1. The van der Waals surface area contributed by atoms with Gasteiger partial charge in [0.25, 0.3) is 11.8 Å². The van der Waals surface area contributed by atoms with Crippen molar-refractivity contribution < 1.29 is 27.9 Å². The van der Waals surface area contributed by atoms with Crippen LogP contribution < -0.4 is 15.4 Å². The van der Waals surface area contributed by atoms with Gasteiger partial charge in [-0.3, -0.25) is 9.59 Å². The minimum atomic E-state index is -3.65. The Bertz CT molecular complexity index is 961. The van der Waals surface area contributed by atoms with Crippen LogP contribution in [0.1, 0.15) is 27.1 Å². The Morgan fingerprint density at radius 3 is 2.17 bits per heavy atom. The highest BCUT2D eigenvalue weighted by molar-refractivity contribution is 7.89. The van der Waals surface area contributed by atoms with Crippen LogP contribution in [-0.4, -0.2) is 58.7 Å². The van der Waals surface area contributed by atoms with Crippen molar-refractivity contribution in [3.05, 3.63) is 59.7 Å². The number of aromatic hydroxyl groups is 1. The molecule has 0 saturated heterocycles. The third kappa shape index (κ3) is 7.14. The van der Waals surface area contributed by atoms with Crippen molar-refractivity contribution in [1.82, 2.24) is 15.4 Å². The Kier molecular flexibility index (Phi) is 8.78. The number of methoxy groups -OCH3 is 1. The number of carbonyl (C=O) groups excluding carboxylic acids is 2. The number of phenolic OH excluding ortho intramolecular Hbond substituents is 1. The number of rotatable bonds is 11. The minimum absolute atomic E-state index is 0.0134. The molecule has 9 nitrogen and oxygen atoms in total. The maximum Gasteiger partial charge on any atom is 0.251 e. The van der Waals surface area contributed by atoms with Crippen LogP contribution in [0.5, 0.6) is 5.75 Å². The zero-order valence-electron chi connectivity index (χ0n) is 16.6. The van der Waals surface area contributed by atoms with E-state index in [-0.39, 0.29) is 35.6 Å². The molecule has 0 aliphatic heterocycles. The van der Waals surface area contributed by atoms with Crippen LogP contribution in [0.2, 0.25) is 0 Å². The molecule has 0 atom stereocenters. The van der Waals surface area contributed by atoms with E-state index in [1.54, 1.807) is 12.1 Å². The van der Waals surface area contributed by atoms with Crippen molar-refractivity contribution in [2.24, 2.45) is 0 Å². The third-order valence-electron chi connectivity index (χ3n) is 4.06. The Morgan fingerprint density at radius 2 is 1.57 bits per heavy atom. The van der Waals surface area contributed by atoms with Crippen molar-refractivity contribution >= 4 is 21.8 Å². The Labute approximate surface area is 175 Å². The molecule has 162 valence electrons. The number of carbonyl (C=O) groups is 2. The fraction of sp³-hybridized carbons (Fsp3) is 0.300. The zero-order chi connectivity index (χ0) is 22.0. The summed E-state index contributed by atoms with van der Waals surface area (Å²) in [5.74, 6) is -0.641. The highest BCUT2D eigenvalue weighted by Crippen LogP contribution is 2.11. The highest BCUT2D eigenvalue weighted by atomic mass is 32.2. The smallest absolute Gasteiger partial charge is 0.251 e. The Morgan fingerprint density at radius 1 is 0.933 bits per heavy atom. The van der Waals surface area contributed by atoms with Gasteiger partial charge in [0, 0.05) is 37.9 Å². The molecular weight excluding hydrogens is 410 g/mol. The lowest BCUT2D eigenvalue weighted by atomic mass is 10.2. The molecule has 2 aromatic rings. The molecule has 0 saturated carbocycles. The average molecular weight is 436 g/mol. The maximum atomic E-state index is 12.2. The number of ether oxygens (including phenoxy) is 1. The molecule has 0 aliphatic carbocycles. The van der Waals surface area contributed by atoms with Gasteiger partial charge in [0.1, 0.15) is 5.75 Å². The molecule has 0 unspecified atom stereocenters. The lowest BCUT2D eigenvalue weighted by molar-refractivity contribution is 0.0951. The number of nitrogens with one attached hydrogen (secondary N) is 3. The van der Waals surface area contributed by atoms with Crippen LogP contribution in [0.15, 0.2) is 53.4 Å². The van der Waals surface area contributed by atoms with Gasteiger partial charge < -0.3 is 20.5 Å². The van der Waals surface area contributed by atoms with Crippen molar-refractivity contribution in [2.45, 2.75) is 11.3 Å². The second kappa shape index (κ2) is 11.3. The van der Waals surface area contributed by atoms with Crippen molar-refractivity contribution in [2.75, 3.05) is 33.4 Å². The van der Waals surface area contributed by atoms with E-state index in [9.17, 15) is 23.1 Å². The van der Waals surface area contributed by atoms with Crippen LogP contribution in [-0.2, 0) is 14.8 Å². The number of sulfonamides is 1. The lowest BCUT2D eigenvalue weighted by Crippen LogP contribution is -2.30. The molecule has 0 aliphatic rings. The van der Waals surface area contributed by atoms with Gasteiger partial charge in [0.15, 0.2) is 0 Å². The van der Waals surface area contributed by atoms with Gasteiger partial charge in [-0.2, -0.15) is 0 Å². The largest absolute Gasteiger partial charge is 0.508 e. The maximum absolute atomic E-state index is 12.2. The van der Waals surface area contributed by atoms with E-state index in [0.717, 1.165) is 0 Å². The van der Waals surface area contributed by atoms with E-state index < -0.39 is 10.0 Å². The van der Waals surface area contributed by atoms with Gasteiger partial charge in [-0.25, -0.2) is 13.1 Å². The van der Waals surface area contributed by atoms with Gasteiger partial charge in [-0.05, 0) is 48.9 Å². The monoisotopic (exact) mass is 435 g/mol. The number of hydrogen-bond acceptors (Lipinski definition) is 6. The standard InChI is InChI=1S/C20H25N3O6S/c1-29-13-12-23-30(27,28)18-8-6-15(7-9-18)19(25)21-10-3-11-22-20(26)16-4-2-5-17(24)14-16/h2,4-9,14,23-24H,3,10-13H2,1H3,(H,21,25)(H,22,26). The van der Waals surface area contributed by atoms with E-state index in [1.165, 1.54) is 43.5 Å². The first-order valence-corrected chi connectivity index (χ1v) is 10.8. The molecule has 2 aromatic carbocycles. The quantitative estimate of drug-likeness (QED) is 0.387. The molecule has 0 spiro atoms. The topological polar surface area (TPSA) is 134 Å². The zero-order valence-corrected chi connectivity index (χ0v) is 17.4. The van der Waals surface area contributed by atoms with Crippen LogP contribution >= 0.6 is 0 Å². The predicted molar refractivity (Wildman–Crippen MR) is 111 cm³/mol. The van der Waals surface area contributed by atoms with E-state index >= 15 is 0 Å². The summed E-state index contributed by atoms with van der Waals surface area (Å²) >= 11 is 0. The van der Waals surface area contributed by atoms with E-state index in [4.69, 9.17) is 4.74 Å². The number of hydrogen-bond donors (Lipinski definition) is 4. The van der Waals surface area contributed by atoms with E-state index in [2.05, 4.69) is 15.4 Å². The minimum Gasteiger partial charge on any atom is -0.508 e. The summed E-state index contributed by atoms with van der Waals surface area (Å²) in [5, 5.41) is 14.8. The number of benzene rings is 2. The third-order valence-corrected chi connectivity index (χ3v) is 5.54. The molecule has 0 fully saturated rings. The van der Waals surface area contributed by atoms with Gasteiger partial charge in [0.05, 0.1) is 11.5 Å². The lowest BCUT2D eigenvalue weighted by Gasteiger charge is -2.09. The van der Waals surface area contributed by atoms with E-state index in [0.29, 0.717) is 30.6 Å². The van der Waals surface area contributed by atoms with Gasteiger partial charge in [-0.1, -0.05) is 6.07 Å². The summed E-state index contributed by atoms with van der Waals surface area (Å²) < 4.78 is 31.4.